The van der Waals surface area contributed by atoms with E-state index in [1.54, 1.807) is 6.07 Å². The van der Waals surface area contributed by atoms with Gasteiger partial charge in [-0.3, -0.25) is 4.79 Å². The summed E-state index contributed by atoms with van der Waals surface area (Å²) < 4.78 is 12.1. The van der Waals surface area contributed by atoms with Gasteiger partial charge >= 0.3 is 6.09 Å². The van der Waals surface area contributed by atoms with Crippen LogP contribution in [0.5, 0.6) is 5.88 Å². The Balaban J connectivity index is 1.84. The predicted octanol–water partition coefficient (Wildman–Crippen LogP) is 6.37. The summed E-state index contributed by atoms with van der Waals surface area (Å²) in [4.78, 5) is 23.8. The van der Waals surface area contributed by atoms with E-state index in [0.29, 0.717) is 23.1 Å². The lowest BCUT2D eigenvalue weighted by Crippen LogP contribution is -2.14. The molecule has 0 spiro atoms. The van der Waals surface area contributed by atoms with Crippen LogP contribution in [0, 0.1) is 0 Å². The molecule has 0 radical (unpaired) electrons. The van der Waals surface area contributed by atoms with Gasteiger partial charge in [0.15, 0.2) is 6.29 Å². The van der Waals surface area contributed by atoms with Gasteiger partial charge in [0.25, 0.3) is 0 Å². The maximum atomic E-state index is 12.2. The van der Waals surface area contributed by atoms with Gasteiger partial charge in [-0.05, 0) is 12.5 Å². The van der Waals surface area contributed by atoms with Crippen LogP contribution >= 0.6 is 0 Å². The summed E-state index contributed by atoms with van der Waals surface area (Å²) in [6.45, 7) is 2.72. The maximum Gasteiger partial charge on any atom is 0.421 e. The molecule has 0 atom stereocenters. The van der Waals surface area contributed by atoms with Gasteiger partial charge in [0.2, 0.25) is 5.88 Å². The molecule has 0 bridgehead atoms. The van der Waals surface area contributed by atoms with Crippen LogP contribution in [0.15, 0.2) is 24.3 Å². The smallest absolute Gasteiger partial charge is 0.421 e. The lowest BCUT2D eigenvalue weighted by Gasteiger charge is -2.10. The van der Waals surface area contributed by atoms with E-state index in [0.717, 1.165) is 19.1 Å². The van der Waals surface area contributed by atoms with Gasteiger partial charge in [-0.15, -0.1) is 0 Å². The molecule has 0 saturated carbocycles. The summed E-state index contributed by atoms with van der Waals surface area (Å²) in [6, 6.07) is 7.25. The van der Waals surface area contributed by atoms with Gasteiger partial charge in [0, 0.05) is 5.39 Å². The monoisotopic (exact) mass is 387 g/mol. The minimum absolute atomic E-state index is 0.277. The highest BCUT2D eigenvalue weighted by molar-refractivity contribution is 6.04. The summed E-state index contributed by atoms with van der Waals surface area (Å²) in [5.74, 6) is 0.277. The molecule has 0 aliphatic heterocycles. The van der Waals surface area contributed by atoms with Gasteiger partial charge in [-0.1, -0.05) is 82.9 Å². The molecule has 5 nitrogen and oxygen atoms in total. The first-order valence-corrected chi connectivity index (χ1v) is 10.5. The third kappa shape index (κ3) is 5.85. The first kappa shape index (κ1) is 22.0. The molecule has 154 valence electrons. The van der Waals surface area contributed by atoms with Crippen LogP contribution in [0.4, 0.5) is 4.79 Å². The predicted molar refractivity (Wildman–Crippen MR) is 112 cm³/mol. The Hall–Kier alpha value is -2.30. The third-order valence-electron chi connectivity index (χ3n) is 5.08. The largest absolute Gasteiger partial charge is 0.478 e. The Kier molecular flexibility index (Phi) is 9.60. The molecule has 5 heteroatoms. The van der Waals surface area contributed by atoms with Crippen molar-refractivity contribution < 1.29 is 19.1 Å². The van der Waals surface area contributed by atoms with Crippen molar-refractivity contribution in [1.82, 2.24) is 4.57 Å². The van der Waals surface area contributed by atoms with E-state index < -0.39 is 6.09 Å². The van der Waals surface area contributed by atoms with Crippen LogP contribution in [-0.4, -0.2) is 30.7 Å². The van der Waals surface area contributed by atoms with E-state index in [4.69, 9.17) is 9.47 Å². The van der Waals surface area contributed by atoms with E-state index in [2.05, 4.69) is 6.92 Å². The van der Waals surface area contributed by atoms with Gasteiger partial charge in [-0.2, -0.15) is 0 Å². The highest BCUT2D eigenvalue weighted by Crippen LogP contribution is 2.31. The van der Waals surface area contributed by atoms with Gasteiger partial charge in [0.05, 0.1) is 24.8 Å². The Morgan fingerprint density at radius 2 is 1.57 bits per heavy atom. The summed E-state index contributed by atoms with van der Waals surface area (Å²) in [5, 5.41) is 0.695. The fourth-order valence-electron chi connectivity index (χ4n) is 3.53. The van der Waals surface area contributed by atoms with Crippen molar-refractivity contribution in [1.29, 1.82) is 0 Å². The summed E-state index contributed by atoms with van der Waals surface area (Å²) in [5.41, 5.74) is 1.02. The second-order valence-electron chi connectivity index (χ2n) is 7.19. The molecule has 0 aliphatic carbocycles. The number of benzene rings is 1. The molecule has 2 aromatic rings. The first-order valence-electron chi connectivity index (χ1n) is 10.5. The number of hydrogen-bond donors (Lipinski definition) is 0. The van der Waals surface area contributed by atoms with E-state index >= 15 is 0 Å². The number of nitrogens with zero attached hydrogens (tertiary/aromatic N) is 1. The second kappa shape index (κ2) is 12.2. The Bertz CT molecular complexity index is 750. The lowest BCUT2D eigenvalue weighted by molar-refractivity contribution is 0.112. The zero-order valence-electron chi connectivity index (χ0n) is 17.2. The number of unbranched alkanes of at least 4 members (excludes halogenated alkanes) is 9. The van der Waals surface area contributed by atoms with Gasteiger partial charge < -0.3 is 9.47 Å². The average molecular weight is 388 g/mol. The van der Waals surface area contributed by atoms with E-state index in [1.165, 1.54) is 63.0 Å². The molecule has 1 aromatic carbocycles. The van der Waals surface area contributed by atoms with Crippen LogP contribution in [0.25, 0.3) is 10.9 Å². The number of fused-ring (bicyclic) bond motifs is 1. The fourth-order valence-corrected chi connectivity index (χ4v) is 3.53. The quantitative estimate of drug-likeness (QED) is 0.296. The maximum absolute atomic E-state index is 12.2. The van der Waals surface area contributed by atoms with Crippen LogP contribution < -0.4 is 4.74 Å². The molecular weight excluding hydrogens is 354 g/mol. The van der Waals surface area contributed by atoms with Crippen molar-refractivity contribution in [2.45, 2.75) is 71.1 Å². The van der Waals surface area contributed by atoms with Crippen LogP contribution in [-0.2, 0) is 4.74 Å². The molecule has 1 heterocycles. The number of carbonyl (C=O) groups excluding carboxylic acids is 2. The minimum atomic E-state index is -0.553. The minimum Gasteiger partial charge on any atom is -0.478 e. The van der Waals surface area contributed by atoms with Crippen molar-refractivity contribution in [3.63, 3.8) is 0 Å². The number of para-hydroxylation sites is 1. The number of ether oxygens (including phenoxy) is 2. The number of aldehydes is 1. The van der Waals surface area contributed by atoms with Gasteiger partial charge in [-0.25, -0.2) is 9.36 Å². The van der Waals surface area contributed by atoms with Crippen LogP contribution in [0.3, 0.4) is 0 Å². The number of aromatic nitrogens is 1. The molecule has 0 fully saturated rings. The van der Waals surface area contributed by atoms with E-state index in [9.17, 15) is 9.59 Å². The molecule has 1 aromatic heterocycles. The van der Waals surface area contributed by atoms with Crippen molar-refractivity contribution in [2.24, 2.45) is 0 Å². The van der Waals surface area contributed by atoms with Crippen molar-refractivity contribution in [3.05, 3.63) is 29.8 Å². The highest BCUT2D eigenvalue weighted by atomic mass is 16.5. The van der Waals surface area contributed by atoms with Crippen LogP contribution in [0.2, 0.25) is 0 Å². The third-order valence-corrected chi connectivity index (χ3v) is 5.08. The molecule has 0 unspecified atom stereocenters. The molecule has 2 rings (SSSR count). The highest BCUT2D eigenvalue weighted by Gasteiger charge is 2.22. The number of hydrogen-bond acceptors (Lipinski definition) is 4. The van der Waals surface area contributed by atoms with Crippen molar-refractivity contribution in [2.75, 3.05) is 13.7 Å². The molecule has 28 heavy (non-hydrogen) atoms. The Morgan fingerprint density at radius 1 is 0.964 bits per heavy atom. The standard InChI is InChI=1S/C23H33NO4/c1-3-4-5-6-7-8-9-10-11-14-17-28-22-20(18-25)19-15-12-13-16-21(19)24(22)23(26)27-2/h12-13,15-16,18H,3-11,14,17H2,1-2H3. The zero-order chi connectivity index (χ0) is 20.2. The Morgan fingerprint density at radius 3 is 2.18 bits per heavy atom. The average Bonchev–Trinajstić information content (AvgIpc) is 3.04. The zero-order valence-corrected chi connectivity index (χ0v) is 17.2. The summed E-state index contributed by atoms with van der Waals surface area (Å²) in [6.07, 6.45) is 12.6. The normalized spacial score (nSPS) is 10.9. The van der Waals surface area contributed by atoms with Gasteiger partial charge in [0.1, 0.15) is 0 Å². The topological polar surface area (TPSA) is 57.5 Å². The first-order chi connectivity index (χ1) is 13.7. The summed E-state index contributed by atoms with van der Waals surface area (Å²) in [7, 11) is 1.32. The van der Waals surface area contributed by atoms with Crippen molar-refractivity contribution >= 4 is 23.3 Å². The Labute approximate surface area is 168 Å². The molecule has 0 aliphatic rings. The molecular formula is C23H33NO4. The number of rotatable bonds is 13. The van der Waals surface area contributed by atoms with E-state index in [-0.39, 0.29) is 5.88 Å². The molecule has 0 saturated heterocycles. The molecule has 0 N–H and O–H groups in total. The second-order valence-corrected chi connectivity index (χ2v) is 7.19. The van der Waals surface area contributed by atoms with E-state index in [1.807, 2.05) is 18.2 Å². The number of carbonyl (C=O) groups is 2. The lowest BCUT2D eigenvalue weighted by atomic mass is 10.1. The molecule has 0 amide bonds. The fraction of sp³-hybridized carbons (Fsp3) is 0.565. The SMILES string of the molecule is CCCCCCCCCCCCOc1c(C=O)c2ccccc2n1C(=O)OC. The van der Waals surface area contributed by atoms with Crippen molar-refractivity contribution in [3.8, 4) is 5.88 Å². The summed E-state index contributed by atoms with van der Waals surface area (Å²) >= 11 is 0. The van der Waals surface area contributed by atoms with Crippen LogP contribution in [0.1, 0.15) is 81.5 Å². The number of methoxy groups -OCH3 is 1.